The molecule has 2 fully saturated rings. The Kier molecular flexibility index (Phi) is 19.1. The molecule has 0 bridgehead atoms. The van der Waals surface area contributed by atoms with Crippen molar-refractivity contribution in [2.24, 2.45) is 11.8 Å². The van der Waals surface area contributed by atoms with Crippen LogP contribution in [-0.4, -0.2) is 6.88 Å². The summed E-state index contributed by atoms with van der Waals surface area (Å²) in [6.45, 7) is 11.8. The van der Waals surface area contributed by atoms with Gasteiger partial charge in [-0.3, -0.25) is 0 Å². The molecule has 0 nitrogen and oxygen atoms in total. The quantitative estimate of drug-likeness (QED) is 0.116. The van der Waals surface area contributed by atoms with E-state index in [0.29, 0.717) is 0 Å². The zero-order valence-corrected chi connectivity index (χ0v) is 37.4. The Labute approximate surface area is 345 Å². The van der Waals surface area contributed by atoms with Crippen LogP contribution in [0.25, 0.3) is 43.8 Å². The van der Waals surface area contributed by atoms with Gasteiger partial charge in [0.25, 0.3) is 0 Å². The van der Waals surface area contributed by atoms with E-state index in [1.165, 1.54) is 165 Å². The number of hydrogen-bond acceptors (Lipinski definition) is 0. The summed E-state index contributed by atoms with van der Waals surface area (Å²) in [5, 5.41) is 5.64. The van der Waals surface area contributed by atoms with Crippen molar-refractivity contribution in [3.8, 4) is 22.3 Å². The molecule has 52 heavy (non-hydrogen) atoms. The second-order valence-electron chi connectivity index (χ2n) is 14.8. The topological polar surface area (TPSA) is 0 Å². The Morgan fingerprint density at radius 1 is 0.519 bits per heavy atom. The Morgan fingerprint density at radius 3 is 1.17 bits per heavy atom. The van der Waals surface area contributed by atoms with Crippen LogP contribution in [0.2, 0.25) is 0 Å². The Balaban J connectivity index is 0.000000320. The second-order valence-corrected chi connectivity index (χ2v) is 14.8. The number of benzene rings is 4. The fraction of sp³-hybridized carbons (Fsp3) is 0.333. The summed E-state index contributed by atoms with van der Waals surface area (Å²) in [6, 6.07) is 36.9. The number of aryl methyl sites for hydroxylation is 4. The minimum absolute atomic E-state index is 0. The number of hydrogen-bond donors (Lipinski definition) is 0. The van der Waals surface area contributed by atoms with Gasteiger partial charge >= 0.3 is 30.2 Å². The van der Waals surface area contributed by atoms with Crippen LogP contribution < -0.4 is 0 Å². The normalized spacial score (nSPS) is 13.8. The summed E-state index contributed by atoms with van der Waals surface area (Å²) < 4.78 is 0. The molecule has 0 saturated heterocycles. The van der Waals surface area contributed by atoms with Gasteiger partial charge in [0.2, 0.25) is 0 Å². The molecule has 0 unspecified atom stereocenters. The molecule has 2 radical (unpaired) electrons. The van der Waals surface area contributed by atoms with E-state index < -0.39 is 0 Å². The van der Waals surface area contributed by atoms with Gasteiger partial charge in [-0.05, 0) is 63.5 Å². The molecule has 0 aromatic heterocycles. The van der Waals surface area contributed by atoms with Gasteiger partial charge < -0.3 is 14.9 Å². The monoisotopic (exact) mass is 822 g/mol. The maximum absolute atomic E-state index is 3.06. The van der Waals surface area contributed by atoms with E-state index in [4.69, 9.17) is 0 Å². The van der Waals surface area contributed by atoms with Gasteiger partial charge in [0, 0.05) is 0 Å². The average molecular weight is 825 g/mol. The van der Waals surface area contributed by atoms with Crippen molar-refractivity contribution in [2.75, 3.05) is 0 Å². The van der Waals surface area contributed by atoms with Crippen molar-refractivity contribution in [1.82, 2.24) is 0 Å². The van der Waals surface area contributed by atoms with Crippen LogP contribution in [0.4, 0.5) is 0 Å². The summed E-state index contributed by atoms with van der Waals surface area (Å²) >= 11 is 1.36. The standard InChI is InChI=1S/2C23H25.2CH3.2ClH.Si.Zr/c2*1-16-10-17(2)12-21(11-16)22-9-5-8-20-14-19(15-23(20)22)13-18-6-3-4-7-18;;;;;;/h2*5,8-12,14-15,18H,3-4,6-7,13H2,1-2H3;2*1H3;2*1H;;/q4*-1;;;;. The van der Waals surface area contributed by atoms with E-state index in [0.717, 1.165) is 11.8 Å². The maximum atomic E-state index is 3.06. The molecule has 8 rings (SSSR count). The number of halogens is 2. The fourth-order valence-corrected chi connectivity index (χ4v) is 8.69. The molecule has 6 aromatic rings. The summed E-state index contributed by atoms with van der Waals surface area (Å²) in [7, 11) is 0. The first-order valence-electron chi connectivity index (χ1n) is 18.2. The van der Waals surface area contributed by atoms with Gasteiger partial charge in [-0.2, -0.15) is 12.1 Å². The molecule has 2 saturated carbocycles. The van der Waals surface area contributed by atoms with Gasteiger partial charge in [0.1, 0.15) is 0 Å². The van der Waals surface area contributed by atoms with Crippen molar-refractivity contribution >= 4 is 53.2 Å². The third kappa shape index (κ3) is 11.4. The molecule has 0 heterocycles. The average Bonchev–Trinajstić information content (AvgIpc) is 3.89. The summed E-state index contributed by atoms with van der Waals surface area (Å²) in [6.07, 6.45) is 13.9. The van der Waals surface area contributed by atoms with Crippen molar-refractivity contribution in [3.05, 3.63) is 145 Å². The van der Waals surface area contributed by atoms with E-state index in [1.54, 1.807) is 0 Å². The molecular formula is C48H58Cl2SiZr-4. The SMILES string of the molecule is Cc1cc(C)cc(-c2cccc3[cH-]c(CC4CCCC4)cc23)c1.Cc1cc(C)cc(-c2cccc3[cH-]c(CC4CCCC4)cc23)c1.Cl.Cl.[CH3-].[CH3-].[Si]=[Zr]. The summed E-state index contributed by atoms with van der Waals surface area (Å²) in [4.78, 5) is 0. The van der Waals surface area contributed by atoms with Crippen molar-refractivity contribution in [2.45, 2.75) is 91.9 Å². The molecule has 0 amide bonds. The molecule has 0 atom stereocenters. The molecule has 6 aromatic carbocycles. The summed E-state index contributed by atoms with van der Waals surface area (Å²) in [5.41, 5.74) is 13.9. The predicted octanol–water partition coefficient (Wildman–Crippen LogP) is 14.5. The first-order chi connectivity index (χ1) is 23.4. The Bertz CT molecular complexity index is 1800. The van der Waals surface area contributed by atoms with Crippen LogP contribution in [0.5, 0.6) is 0 Å². The van der Waals surface area contributed by atoms with Crippen LogP contribution in [0.15, 0.2) is 97.1 Å². The molecule has 0 N–H and O–H groups in total. The van der Waals surface area contributed by atoms with Gasteiger partial charge in [0.05, 0.1) is 0 Å². The van der Waals surface area contributed by atoms with Crippen molar-refractivity contribution in [3.63, 3.8) is 0 Å². The second kappa shape index (κ2) is 21.6. The van der Waals surface area contributed by atoms with E-state index in [2.05, 4.69) is 132 Å². The van der Waals surface area contributed by atoms with Crippen LogP contribution in [0.3, 0.4) is 0 Å². The third-order valence-corrected chi connectivity index (χ3v) is 10.7. The molecule has 0 spiro atoms. The predicted molar refractivity (Wildman–Crippen MR) is 233 cm³/mol. The van der Waals surface area contributed by atoms with E-state index >= 15 is 0 Å². The van der Waals surface area contributed by atoms with Crippen LogP contribution in [-0.2, 0) is 36.2 Å². The zero-order valence-electron chi connectivity index (χ0n) is 32.3. The van der Waals surface area contributed by atoms with Gasteiger partial charge in [0.15, 0.2) is 0 Å². The fourth-order valence-electron chi connectivity index (χ4n) is 8.69. The van der Waals surface area contributed by atoms with Crippen LogP contribution in [0.1, 0.15) is 84.7 Å². The zero-order chi connectivity index (χ0) is 33.6. The van der Waals surface area contributed by atoms with Crippen molar-refractivity contribution in [1.29, 1.82) is 0 Å². The first kappa shape index (κ1) is 45.9. The third-order valence-electron chi connectivity index (χ3n) is 10.7. The Hall–Kier alpha value is -2.22. The molecule has 2 aliphatic carbocycles. The number of fused-ring (bicyclic) bond motifs is 2. The van der Waals surface area contributed by atoms with E-state index in [9.17, 15) is 0 Å². The van der Waals surface area contributed by atoms with Crippen LogP contribution >= 0.6 is 24.8 Å². The molecular weight excluding hydrogens is 767 g/mol. The van der Waals surface area contributed by atoms with Crippen molar-refractivity contribution < 1.29 is 23.3 Å². The number of rotatable bonds is 6. The molecule has 2 aliphatic rings. The van der Waals surface area contributed by atoms with Gasteiger partial charge in [-0.25, -0.2) is 0 Å². The van der Waals surface area contributed by atoms with Crippen LogP contribution in [0, 0.1) is 54.4 Å². The first-order valence-corrected chi connectivity index (χ1v) is 22.4. The van der Waals surface area contributed by atoms with Gasteiger partial charge in [-0.15, -0.1) is 93.9 Å². The van der Waals surface area contributed by atoms with E-state index in [1.807, 2.05) is 0 Å². The Morgan fingerprint density at radius 2 is 0.846 bits per heavy atom. The molecule has 0 aliphatic heterocycles. The van der Waals surface area contributed by atoms with Gasteiger partial charge in [-0.1, -0.05) is 133 Å². The molecule has 276 valence electrons. The van der Waals surface area contributed by atoms with E-state index in [-0.39, 0.29) is 39.7 Å². The summed E-state index contributed by atoms with van der Waals surface area (Å²) in [5.74, 6) is 1.83. The minimum atomic E-state index is 0. The molecule has 4 heteroatoms.